The number of carbonyl (C=O) groups is 1. The average Bonchev–Trinajstić information content (AvgIpc) is 3.28. The number of hydrogen-bond acceptors (Lipinski definition) is 4. The van der Waals surface area contributed by atoms with Crippen LogP contribution in [0.1, 0.15) is 24.8 Å². The Hall–Kier alpha value is -2.16. The number of fused-ring (bicyclic) bond motifs is 1. The molecule has 0 radical (unpaired) electrons. The summed E-state index contributed by atoms with van der Waals surface area (Å²) < 4.78 is 45.8. The molecule has 0 bridgehead atoms. The summed E-state index contributed by atoms with van der Waals surface area (Å²) in [5.41, 5.74) is 1.52. The van der Waals surface area contributed by atoms with Crippen molar-refractivity contribution >= 4 is 33.2 Å². The minimum absolute atomic E-state index is 0.0959. The third kappa shape index (κ3) is 4.17. The molecule has 2 aliphatic rings. The van der Waals surface area contributed by atoms with Gasteiger partial charge in [0.05, 0.1) is 9.92 Å². The molecule has 2 aromatic carbocycles. The number of carbonyl (C=O) groups excluding carboxylic acids is 1. The fourth-order valence-corrected chi connectivity index (χ4v) is 5.67. The van der Waals surface area contributed by atoms with Gasteiger partial charge in [0, 0.05) is 25.3 Å². The predicted molar refractivity (Wildman–Crippen MR) is 112 cm³/mol. The van der Waals surface area contributed by atoms with E-state index in [-0.39, 0.29) is 28.2 Å². The molecule has 9 heteroatoms. The lowest BCUT2D eigenvalue weighted by atomic mass is 10.0. The number of anilines is 1. The van der Waals surface area contributed by atoms with E-state index in [1.54, 1.807) is 23.1 Å². The van der Waals surface area contributed by atoms with Gasteiger partial charge < -0.3 is 9.64 Å². The van der Waals surface area contributed by atoms with Gasteiger partial charge in [-0.25, -0.2) is 12.8 Å². The molecule has 2 aliphatic heterocycles. The van der Waals surface area contributed by atoms with Crippen LogP contribution in [0.2, 0.25) is 5.02 Å². The minimum Gasteiger partial charge on any atom is -0.482 e. The predicted octanol–water partition coefficient (Wildman–Crippen LogP) is 3.62. The first kappa shape index (κ1) is 21.1. The van der Waals surface area contributed by atoms with E-state index in [1.165, 1.54) is 16.4 Å². The summed E-state index contributed by atoms with van der Waals surface area (Å²) in [6.45, 7) is 1.36. The number of aryl methyl sites for hydroxylation is 1. The first-order valence-electron chi connectivity index (χ1n) is 9.87. The highest BCUT2D eigenvalue weighted by molar-refractivity contribution is 7.89. The Labute approximate surface area is 180 Å². The van der Waals surface area contributed by atoms with Gasteiger partial charge in [0.15, 0.2) is 6.61 Å². The third-order valence-corrected chi connectivity index (χ3v) is 7.61. The lowest BCUT2D eigenvalue weighted by molar-refractivity contribution is -0.120. The number of sulfonamides is 1. The molecule has 30 heavy (non-hydrogen) atoms. The zero-order chi connectivity index (χ0) is 21.3. The van der Waals surface area contributed by atoms with Crippen LogP contribution in [0.4, 0.5) is 10.1 Å². The molecule has 4 rings (SSSR count). The van der Waals surface area contributed by atoms with Gasteiger partial charge >= 0.3 is 0 Å². The molecule has 0 saturated carbocycles. The van der Waals surface area contributed by atoms with Gasteiger partial charge in [-0.1, -0.05) is 11.6 Å². The molecule has 0 aliphatic carbocycles. The van der Waals surface area contributed by atoms with Crippen LogP contribution >= 0.6 is 11.6 Å². The fourth-order valence-electron chi connectivity index (χ4n) is 3.88. The van der Waals surface area contributed by atoms with Gasteiger partial charge in [-0.3, -0.25) is 4.79 Å². The number of ether oxygens (including phenoxy) is 1. The molecule has 2 heterocycles. The van der Waals surface area contributed by atoms with Crippen molar-refractivity contribution in [2.75, 3.05) is 31.1 Å². The molecule has 1 fully saturated rings. The van der Waals surface area contributed by atoms with Crippen LogP contribution in [0.3, 0.4) is 0 Å². The smallest absolute Gasteiger partial charge is 0.264 e. The molecule has 0 N–H and O–H groups in total. The topological polar surface area (TPSA) is 66.9 Å². The average molecular weight is 453 g/mol. The number of nitrogens with zero attached hydrogens (tertiary/aromatic N) is 2. The molecule has 1 saturated heterocycles. The van der Waals surface area contributed by atoms with Gasteiger partial charge in [-0.05, 0) is 67.6 Å². The second-order valence-corrected chi connectivity index (χ2v) is 9.76. The van der Waals surface area contributed by atoms with Gasteiger partial charge in [-0.2, -0.15) is 4.31 Å². The summed E-state index contributed by atoms with van der Waals surface area (Å²) in [5, 5.41) is 0.0959. The van der Waals surface area contributed by atoms with E-state index < -0.39 is 15.8 Å². The zero-order valence-corrected chi connectivity index (χ0v) is 17.9. The van der Waals surface area contributed by atoms with Crippen molar-refractivity contribution in [2.24, 2.45) is 0 Å². The molecule has 0 atom stereocenters. The second kappa shape index (κ2) is 8.53. The number of halogens is 2. The quantitative estimate of drug-likeness (QED) is 0.695. The van der Waals surface area contributed by atoms with E-state index in [0.29, 0.717) is 31.7 Å². The van der Waals surface area contributed by atoms with Crippen LogP contribution in [0.15, 0.2) is 41.3 Å². The first-order valence-corrected chi connectivity index (χ1v) is 11.7. The number of rotatable bonds is 5. The van der Waals surface area contributed by atoms with Crippen LogP contribution in [-0.4, -0.2) is 44.9 Å². The van der Waals surface area contributed by atoms with E-state index in [1.807, 2.05) is 0 Å². The van der Waals surface area contributed by atoms with E-state index in [9.17, 15) is 17.6 Å². The maximum Gasteiger partial charge on any atom is 0.264 e. The van der Waals surface area contributed by atoms with Crippen molar-refractivity contribution in [2.45, 2.75) is 30.6 Å². The summed E-state index contributed by atoms with van der Waals surface area (Å²) in [7, 11) is -3.50. The Bertz CT molecular complexity index is 1070. The van der Waals surface area contributed by atoms with Crippen LogP contribution < -0.4 is 9.64 Å². The van der Waals surface area contributed by atoms with Gasteiger partial charge in [0.25, 0.3) is 5.91 Å². The van der Waals surface area contributed by atoms with Gasteiger partial charge in [-0.15, -0.1) is 0 Å². The summed E-state index contributed by atoms with van der Waals surface area (Å²) in [6, 6.07) is 8.66. The van der Waals surface area contributed by atoms with E-state index in [2.05, 4.69) is 0 Å². The van der Waals surface area contributed by atoms with Crippen LogP contribution in [0, 0.1) is 5.82 Å². The highest BCUT2D eigenvalue weighted by Crippen LogP contribution is 2.32. The highest BCUT2D eigenvalue weighted by Gasteiger charge is 2.29. The van der Waals surface area contributed by atoms with Crippen LogP contribution in [-0.2, 0) is 21.2 Å². The van der Waals surface area contributed by atoms with Crippen molar-refractivity contribution in [1.29, 1.82) is 0 Å². The Kier molecular flexibility index (Phi) is 5.99. The second-order valence-electron chi connectivity index (χ2n) is 7.41. The van der Waals surface area contributed by atoms with Crippen molar-refractivity contribution < 1.29 is 22.3 Å². The standard InChI is InChI=1S/C21H22ClFN2O4S/c22-18-13-16(23)5-8-20(18)29-14-21(26)25-11-3-4-15-12-17(6-7-19(15)25)30(27,28)24-9-1-2-10-24/h5-8,12-13H,1-4,9-11,14H2. The highest BCUT2D eigenvalue weighted by atomic mass is 35.5. The lowest BCUT2D eigenvalue weighted by Gasteiger charge is -2.30. The van der Waals surface area contributed by atoms with Crippen LogP contribution in [0.5, 0.6) is 5.75 Å². The lowest BCUT2D eigenvalue weighted by Crippen LogP contribution is -2.38. The number of hydrogen-bond donors (Lipinski definition) is 0. The monoisotopic (exact) mass is 452 g/mol. The molecule has 160 valence electrons. The molecule has 6 nitrogen and oxygen atoms in total. The maximum atomic E-state index is 13.2. The van der Waals surface area contributed by atoms with Crippen molar-refractivity contribution in [3.05, 3.63) is 52.8 Å². The largest absolute Gasteiger partial charge is 0.482 e. The molecule has 0 unspecified atom stereocenters. The Balaban J connectivity index is 1.51. The molecule has 0 aromatic heterocycles. The normalized spacial score (nSPS) is 17.1. The third-order valence-electron chi connectivity index (χ3n) is 5.42. The van der Waals surface area contributed by atoms with E-state index >= 15 is 0 Å². The summed E-state index contributed by atoms with van der Waals surface area (Å²) in [4.78, 5) is 14.6. The van der Waals surface area contributed by atoms with Crippen LogP contribution in [0.25, 0.3) is 0 Å². The van der Waals surface area contributed by atoms with Crippen molar-refractivity contribution in [3.8, 4) is 5.75 Å². The number of amides is 1. The van der Waals surface area contributed by atoms with Gasteiger partial charge in [0.2, 0.25) is 10.0 Å². The Morgan fingerprint density at radius 3 is 2.57 bits per heavy atom. The number of benzene rings is 2. The minimum atomic E-state index is -3.50. The van der Waals surface area contributed by atoms with E-state index in [0.717, 1.165) is 30.9 Å². The molecule has 1 amide bonds. The fraction of sp³-hybridized carbons (Fsp3) is 0.381. The van der Waals surface area contributed by atoms with Crippen molar-refractivity contribution in [3.63, 3.8) is 0 Å². The summed E-state index contributed by atoms with van der Waals surface area (Å²) in [6.07, 6.45) is 3.19. The SMILES string of the molecule is O=C(COc1ccc(F)cc1Cl)N1CCCc2cc(S(=O)(=O)N3CCCC3)ccc21. The molecule has 2 aromatic rings. The summed E-state index contributed by atoms with van der Waals surface area (Å²) in [5.74, 6) is -0.523. The maximum absolute atomic E-state index is 13.2. The van der Waals surface area contributed by atoms with Crippen molar-refractivity contribution in [1.82, 2.24) is 4.31 Å². The van der Waals surface area contributed by atoms with E-state index in [4.69, 9.17) is 16.3 Å². The first-order chi connectivity index (χ1) is 14.4. The molecular formula is C21H22ClFN2O4S. The summed E-state index contributed by atoms with van der Waals surface area (Å²) >= 11 is 5.94. The Morgan fingerprint density at radius 2 is 1.83 bits per heavy atom. The Morgan fingerprint density at radius 1 is 1.07 bits per heavy atom. The molecular weight excluding hydrogens is 431 g/mol. The molecule has 0 spiro atoms. The zero-order valence-electron chi connectivity index (χ0n) is 16.3. The van der Waals surface area contributed by atoms with Gasteiger partial charge in [0.1, 0.15) is 11.6 Å².